The van der Waals surface area contributed by atoms with Crippen LogP contribution in [-0.2, 0) is 0 Å². The van der Waals surface area contributed by atoms with Crippen molar-refractivity contribution < 1.29 is 14.3 Å². The van der Waals surface area contributed by atoms with Gasteiger partial charge in [-0.3, -0.25) is 5.10 Å². The van der Waals surface area contributed by atoms with E-state index in [-0.39, 0.29) is 21.4 Å². The topological polar surface area (TPSA) is 66.0 Å². The molecule has 0 fully saturated rings. The van der Waals surface area contributed by atoms with Gasteiger partial charge >= 0.3 is 5.97 Å². The van der Waals surface area contributed by atoms with Crippen molar-refractivity contribution in [1.82, 2.24) is 10.2 Å². The zero-order chi connectivity index (χ0) is 12.6. The lowest BCUT2D eigenvalue weighted by molar-refractivity contribution is 0.0690. The van der Waals surface area contributed by atoms with E-state index in [2.05, 4.69) is 10.2 Å². The number of hydrogen-bond donors (Lipinski definition) is 2. The summed E-state index contributed by atoms with van der Waals surface area (Å²) in [5.41, 5.74) is 0.563. The minimum Gasteiger partial charge on any atom is -0.477 e. The molecule has 1 aromatic heterocycles. The molecule has 0 saturated heterocycles. The first-order valence-corrected chi connectivity index (χ1v) is 5.18. The Hall–Kier alpha value is -1.59. The first-order valence-electron chi connectivity index (χ1n) is 4.42. The van der Waals surface area contributed by atoms with Gasteiger partial charge in [0.15, 0.2) is 0 Å². The Morgan fingerprint density at radius 3 is 2.59 bits per heavy atom. The third kappa shape index (κ3) is 2.25. The standard InChI is InChI=1S/C10H5Cl2FN2O2/c11-5-2-7(13)6(12)1-4(5)8-3-9(10(16)17)15-14-8/h1-3H,(H,14,15)(H,16,17). The van der Waals surface area contributed by atoms with Crippen LogP contribution < -0.4 is 0 Å². The fourth-order valence-electron chi connectivity index (χ4n) is 1.29. The number of hydrogen-bond acceptors (Lipinski definition) is 2. The van der Waals surface area contributed by atoms with Crippen LogP contribution >= 0.6 is 23.2 Å². The summed E-state index contributed by atoms with van der Waals surface area (Å²) in [5, 5.41) is 14.8. The molecule has 0 spiro atoms. The lowest BCUT2D eigenvalue weighted by Gasteiger charge is -2.02. The number of carboxylic acids is 1. The molecule has 2 rings (SSSR count). The molecular weight excluding hydrogens is 270 g/mol. The quantitative estimate of drug-likeness (QED) is 0.827. The van der Waals surface area contributed by atoms with Gasteiger partial charge in [-0.25, -0.2) is 9.18 Å². The van der Waals surface area contributed by atoms with E-state index in [1.165, 1.54) is 12.1 Å². The van der Waals surface area contributed by atoms with Crippen molar-refractivity contribution in [3.05, 3.63) is 39.8 Å². The molecular formula is C10H5Cl2FN2O2. The van der Waals surface area contributed by atoms with Crippen molar-refractivity contribution >= 4 is 29.2 Å². The third-order valence-corrected chi connectivity index (χ3v) is 2.70. The van der Waals surface area contributed by atoms with E-state index in [1.807, 2.05) is 0 Å². The summed E-state index contributed by atoms with van der Waals surface area (Å²) >= 11 is 11.4. The van der Waals surface area contributed by atoms with Crippen molar-refractivity contribution in [1.29, 1.82) is 0 Å². The highest BCUT2D eigenvalue weighted by Gasteiger charge is 2.14. The molecule has 4 nitrogen and oxygen atoms in total. The summed E-state index contributed by atoms with van der Waals surface area (Å²) in [6.45, 7) is 0. The highest BCUT2D eigenvalue weighted by molar-refractivity contribution is 6.35. The van der Waals surface area contributed by atoms with E-state index in [4.69, 9.17) is 28.3 Å². The van der Waals surface area contributed by atoms with Gasteiger partial charge in [0.25, 0.3) is 0 Å². The van der Waals surface area contributed by atoms with Crippen LogP contribution in [0.4, 0.5) is 4.39 Å². The minimum atomic E-state index is -1.15. The molecule has 0 radical (unpaired) electrons. The van der Waals surface area contributed by atoms with Crippen LogP contribution in [0.5, 0.6) is 0 Å². The maximum absolute atomic E-state index is 13.1. The second-order valence-electron chi connectivity index (χ2n) is 3.22. The van der Waals surface area contributed by atoms with Gasteiger partial charge < -0.3 is 5.11 Å². The highest BCUT2D eigenvalue weighted by atomic mass is 35.5. The van der Waals surface area contributed by atoms with Crippen LogP contribution in [0.2, 0.25) is 10.0 Å². The summed E-state index contributed by atoms with van der Waals surface area (Å²) in [5.74, 6) is -1.79. The maximum atomic E-state index is 13.1. The molecule has 0 saturated carbocycles. The summed E-state index contributed by atoms with van der Waals surface area (Å²) < 4.78 is 13.1. The molecule has 1 heterocycles. The fourth-order valence-corrected chi connectivity index (χ4v) is 1.70. The highest BCUT2D eigenvalue weighted by Crippen LogP contribution is 2.31. The predicted molar refractivity (Wildman–Crippen MR) is 61.0 cm³/mol. The van der Waals surface area contributed by atoms with Crippen molar-refractivity contribution in [3.8, 4) is 11.3 Å². The zero-order valence-corrected chi connectivity index (χ0v) is 9.68. The van der Waals surface area contributed by atoms with Crippen molar-refractivity contribution in [2.75, 3.05) is 0 Å². The molecule has 2 aromatic rings. The van der Waals surface area contributed by atoms with Crippen molar-refractivity contribution in [2.45, 2.75) is 0 Å². The second-order valence-corrected chi connectivity index (χ2v) is 4.03. The van der Waals surface area contributed by atoms with Crippen LogP contribution in [0, 0.1) is 5.82 Å². The van der Waals surface area contributed by atoms with Crippen LogP contribution in [0.15, 0.2) is 18.2 Å². The first kappa shape index (κ1) is 11.9. The summed E-state index contributed by atoms with van der Waals surface area (Å²) in [4.78, 5) is 10.7. The minimum absolute atomic E-state index is 0.0866. The number of rotatable bonds is 2. The van der Waals surface area contributed by atoms with Gasteiger partial charge in [-0.1, -0.05) is 23.2 Å². The molecule has 88 valence electrons. The van der Waals surface area contributed by atoms with Gasteiger partial charge in [-0.2, -0.15) is 5.10 Å². The number of nitrogens with zero attached hydrogens (tertiary/aromatic N) is 1. The van der Waals surface area contributed by atoms with Gasteiger partial charge in [0.2, 0.25) is 0 Å². The van der Waals surface area contributed by atoms with E-state index >= 15 is 0 Å². The molecule has 0 bridgehead atoms. The molecule has 0 aliphatic rings. The molecule has 0 unspecified atom stereocenters. The average Bonchev–Trinajstić information content (AvgIpc) is 2.72. The van der Waals surface area contributed by atoms with Gasteiger partial charge in [0, 0.05) is 5.56 Å². The number of benzene rings is 1. The molecule has 2 N–H and O–H groups in total. The van der Waals surface area contributed by atoms with Crippen LogP contribution in [0.25, 0.3) is 11.3 Å². The van der Waals surface area contributed by atoms with Crippen molar-refractivity contribution in [3.63, 3.8) is 0 Å². The molecule has 0 aliphatic carbocycles. The second kappa shape index (κ2) is 4.35. The van der Waals surface area contributed by atoms with E-state index in [0.29, 0.717) is 5.56 Å². The molecule has 1 aromatic carbocycles. The number of H-pyrrole nitrogens is 1. The summed E-state index contributed by atoms with van der Waals surface area (Å²) in [7, 11) is 0. The van der Waals surface area contributed by atoms with E-state index in [9.17, 15) is 9.18 Å². The Balaban J connectivity index is 2.52. The Morgan fingerprint density at radius 2 is 2.00 bits per heavy atom. The lowest BCUT2D eigenvalue weighted by Crippen LogP contribution is -1.95. The van der Waals surface area contributed by atoms with Gasteiger partial charge in [0.1, 0.15) is 11.5 Å². The van der Waals surface area contributed by atoms with Gasteiger partial charge in [-0.05, 0) is 18.2 Å². The van der Waals surface area contributed by atoms with Crippen LogP contribution in [0.3, 0.4) is 0 Å². The van der Waals surface area contributed by atoms with Gasteiger partial charge in [-0.15, -0.1) is 0 Å². The lowest BCUT2D eigenvalue weighted by atomic mass is 10.1. The number of carboxylic acid groups (broad SMARTS) is 1. The Kier molecular flexibility index (Phi) is 3.04. The molecule has 0 aliphatic heterocycles. The molecule has 0 atom stereocenters. The summed E-state index contributed by atoms with van der Waals surface area (Å²) in [6.07, 6.45) is 0. The number of aromatic carboxylic acids is 1. The van der Waals surface area contributed by atoms with Gasteiger partial charge in [0.05, 0.1) is 15.7 Å². The summed E-state index contributed by atoms with van der Waals surface area (Å²) in [6, 6.07) is 3.63. The molecule has 7 heteroatoms. The smallest absolute Gasteiger partial charge is 0.353 e. The number of aromatic nitrogens is 2. The van der Waals surface area contributed by atoms with E-state index in [0.717, 1.165) is 6.07 Å². The maximum Gasteiger partial charge on any atom is 0.353 e. The predicted octanol–water partition coefficient (Wildman–Crippen LogP) is 3.22. The fraction of sp³-hybridized carbons (Fsp3) is 0. The number of halogens is 3. The number of nitrogens with one attached hydrogen (secondary N) is 1. The largest absolute Gasteiger partial charge is 0.477 e. The third-order valence-electron chi connectivity index (χ3n) is 2.09. The normalized spacial score (nSPS) is 10.5. The SMILES string of the molecule is O=C(O)c1cc(-c2cc(Cl)c(F)cc2Cl)n[nH]1. The zero-order valence-electron chi connectivity index (χ0n) is 8.17. The molecule has 0 amide bonds. The Morgan fingerprint density at radius 1 is 1.29 bits per heavy atom. The Labute approximate surface area is 105 Å². The molecule has 17 heavy (non-hydrogen) atoms. The van der Waals surface area contributed by atoms with Crippen molar-refractivity contribution in [2.24, 2.45) is 0 Å². The first-order chi connectivity index (χ1) is 7.99. The van der Waals surface area contributed by atoms with E-state index < -0.39 is 11.8 Å². The monoisotopic (exact) mass is 274 g/mol. The average molecular weight is 275 g/mol. The number of aromatic amines is 1. The van der Waals surface area contributed by atoms with Crippen LogP contribution in [-0.4, -0.2) is 21.3 Å². The van der Waals surface area contributed by atoms with E-state index in [1.54, 1.807) is 0 Å². The van der Waals surface area contributed by atoms with Crippen LogP contribution in [0.1, 0.15) is 10.5 Å². The number of carbonyl (C=O) groups is 1. The Bertz CT molecular complexity index is 598.